The van der Waals surface area contributed by atoms with Gasteiger partial charge in [0.15, 0.2) is 11.5 Å². The maximum Gasteiger partial charge on any atom is 0.266 e. The predicted molar refractivity (Wildman–Crippen MR) is 135 cm³/mol. The standard InChI is InChI=1S/C26H22BrClN2O3/c1-16-8-17(2)10-19(9-16)15-33-25-23(27)12-18(13-24(25)32-3)11-20(14-29)26(31)30-22-6-4-21(28)5-7-22/h4-13H,15H2,1-3H3,(H,30,31)/b20-11+. The van der Waals surface area contributed by atoms with Crippen LogP contribution in [0.5, 0.6) is 11.5 Å². The number of halogens is 2. The van der Waals surface area contributed by atoms with Gasteiger partial charge in [0.05, 0.1) is 11.6 Å². The molecule has 0 aliphatic carbocycles. The van der Waals surface area contributed by atoms with Gasteiger partial charge in [0.25, 0.3) is 5.91 Å². The number of benzene rings is 3. The molecular weight excluding hydrogens is 504 g/mol. The van der Waals surface area contributed by atoms with E-state index in [9.17, 15) is 10.1 Å². The molecule has 1 amide bonds. The molecule has 5 nitrogen and oxygen atoms in total. The van der Waals surface area contributed by atoms with Crippen LogP contribution >= 0.6 is 27.5 Å². The molecule has 0 aromatic heterocycles. The van der Waals surface area contributed by atoms with Crippen molar-refractivity contribution in [2.24, 2.45) is 0 Å². The lowest BCUT2D eigenvalue weighted by atomic mass is 10.1. The Bertz CT molecular complexity index is 1230. The highest BCUT2D eigenvalue weighted by atomic mass is 79.9. The van der Waals surface area contributed by atoms with E-state index in [1.807, 2.05) is 19.9 Å². The largest absolute Gasteiger partial charge is 0.493 e. The van der Waals surface area contributed by atoms with E-state index >= 15 is 0 Å². The first-order valence-corrected chi connectivity index (χ1v) is 11.2. The lowest BCUT2D eigenvalue weighted by molar-refractivity contribution is -0.112. The number of amides is 1. The van der Waals surface area contributed by atoms with Crippen molar-refractivity contribution in [1.29, 1.82) is 5.26 Å². The number of ether oxygens (including phenoxy) is 2. The zero-order chi connectivity index (χ0) is 24.0. The molecule has 0 fully saturated rings. The first kappa shape index (κ1) is 24.4. The summed E-state index contributed by atoms with van der Waals surface area (Å²) in [7, 11) is 1.54. The van der Waals surface area contributed by atoms with E-state index in [1.165, 1.54) is 24.3 Å². The van der Waals surface area contributed by atoms with Crippen molar-refractivity contribution >= 4 is 45.2 Å². The SMILES string of the molecule is COc1cc(/C=C(\C#N)C(=O)Nc2ccc(Cl)cc2)cc(Br)c1OCc1cc(C)cc(C)c1. The Hall–Kier alpha value is -3.27. The fourth-order valence-corrected chi connectivity index (χ4v) is 4.02. The van der Waals surface area contributed by atoms with Crippen LogP contribution in [0.25, 0.3) is 6.08 Å². The van der Waals surface area contributed by atoms with E-state index < -0.39 is 5.91 Å². The van der Waals surface area contributed by atoms with E-state index in [-0.39, 0.29) is 5.57 Å². The van der Waals surface area contributed by atoms with Crippen molar-refractivity contribution < 1.29 is 14.3 Å². The number of hydrogen-bond donors (Lipinski definition) is 1. The van der Waals surface area contributed by atoms with Crippen molar-refractivity contribution in [2.75, 3.05) is 12.4 Å². The van der Waals surface area contributed by atoms with Gasteiger partial charge in [-0.15, -0.1) is 0 Å². The van der Waals surface area contributed by atoms with Crippen molar-refractivity contribution in [3.63, 3.8) is 0 Å². The number of hydrogen-bond acceptors (Lipinski definition) is 4. The molecule has 168 valence electrons. The zero-order valence-electron chi connectivity index (χ0n) is 18.4. The molecule has 3 aromatic carbocycles. The Labute approximate surface area is 206 Å². The van der Waals surface area contributed by atoms with Crippen molar-refractivity contribution in [3.8, 4) is 17.6 Å². The quantitative estimate of drug-likeness (QED) is 0.270. The number of nitrogens with one attached hydrogen (secondary N) is 1. The Morgan fingerprint density at radius 1 is 1.12 bits per heavy atom. The van der Waals surface area contributed by atoms with Gasteiger partial charge < -0.3 is 14.8 Å². The molecule has 0 spiro atoms. The van der Waals surface area contributed by atoms with E-state index in [0.717, 1.165) is 5.56 Å². The predicted octanol–water partition coefficient (Wildman–Crippen LogP) is 6.85. The summed E-state index contributed by atoms with van der Waals surface area (Å²) in [5, 5.41) is 12.8. The summed E-state index contributed by atoms with van der Waals surface area (Å²) in [6.07, 6.45) is 1.49. The molecule has 0 atom stereocenters. The maximum atomic E-state index is 12.6. The number of nitriles is 1. The van der Waals surface area contributed by atoms with Crippen LogP contribution < -0.4 is 14.8 Å². The number of rotatable bonds is 7. The first-order chi connectivity index (χ1) is 15.8. The number of methoxy groups -OCH3 is 1. The summed E-state index contributed by atoms with van der Waals surface area (Å²) < 4.78 is 12.2. The van der Waals surface area contributed by atoms with Crippen LogP contribution in [0.15, 0.2) is 64.6 Å². The summed E-state index contributed by atoms with van der Waals surface area (Å²) in [5.74, 6) is 0.499. The van der Waals surface area contributed by atoms with Gasteiger partial charge in [-0.1, -0.05) is 40.9 Å². The summed E-state index contributed by atoms with van der Waals surface area (Å²) in [6.45, 7) is 4.47. The van der Waals surface area contributed by atoms with Crippen LogP contribution in [0.2, 0.25) is 5.02 Å². The second-order valence-corrected chi connectivity index (χ2v) is 8.74. The molecule has 0 bridgehead atoms. The third-order valence-electron chi connectivity index (χ3n) is 4.69. The Morgan fingerprint density at radius 3 is 2.39 bits per heavy atom. The summed E-state index contributed by atoms with van der Waals surface area (Å²) >= 11 is 9.39. The molecule has 1 N–H and O–H groups in total. The van der Waals surface area contributed by atoms with Gasteiger partial charge in [-0.25, -0.2) is 0 Å². The second-order valence-electron chi connectivity index (χ2n) is 7.45. The van der Waals surface area contributed by atoms with E-state index in [2.05, 4.69) is 39.4 Å². The molecular formula is C26H22BrClN2O3. The highest BCUT2D eigenvalue weighted by Crippen LogP contribution is 2.38. The normalized spacial score (nSPS) is 11.0. The smallest absolute Gasteiger partial charge is 0.266 e. The highest BCUT2D eigenvalue weighted by Gasteiger charge is 2.14. The van der Waals surface area contributed by atoms with Gasteiger partial charge in [0, 0.05) is 10.7 Å². The van der Waals surface area contributed by atoms with Crippen LogP contribution in [0.1, 0.15) is 22.3 Å². The molecule has 3 rings (SSSR count). The third-order valence-corrected chi connectivity index (χ3v) is 5.54. The Balaban J connectivity index is 1.82. The number of nitrogens with zero attached hydrogens (tertiary/aromatic N) is 1. The van der Waals surface area contributed by atoms with E-state index in [4.69, 9.17) is 21.1 Å². The number of carbonyl (C=O) groups is 1. The molecule has 0 aliphatic heterocycles. The van der Waals surface area contributed by atoms with Gasteiger partial charge in [-0.05, 0) is 83.4 Å². The number of aryl methyl sites for hydroxylation is 2. The molecule has 0 saturated carbocycles. The molecule has 0 heterocycles. The van der Waals surface area contributed by atoms with Crippen molar-refractivity contribution in [2.45, 2.75) is 20.5 Å². The van der Waals surface area contributed by atoms with Gasteiger partial charge in [-0.3, -0.25) is 4.79 Å². The minimum Gasteiger partial charge on any atom is -0.493 e. The highest BCUT2D eigenvalue weighted by molar-refractivity contribution is 9.10. The fraction of sp³-hybridized carbons (Fsp3) is 0.154. The lowest BCUT2D eigenvalue weighted by Gasteiger charge is -2.14. The first-order valence-electron chi connectivity index (χ1n) is 10.0. The summed E-state index contributed by atoms with van der Waals surface area (Å²) in [6, 6.07) is 18.3. The maximum absolute atomic E-state index is 12.6. The summed E-state index contributed by atoms with van der Waals surface area (Å²) in [5.41, 5.74) is 4.49. The van der Waals surface area contributed by atoms with Gasteiger partial charge in [0.1, 0.15) is 18.2 Å². The summed E-state index contributed by atoms with van der Waals surface area (Å²) in [4.78, 5) is 12.6. The molecule has 0 radical (unpaired) electrons. The van der Waals surface area contributed by atoms with Crippen LogP contribution in [-0.2, 0) is 11.4 Å². The van der Waals surface area contributed by atoms with Crippen LogP contribution in [0, 0.1) is 25.2 Å². The Kier molecular flexibility index (Phi) is 8.16. The topological polar surface area (TPSA) is 71.3 Å². The van der Waals surface area contributed by atoms with Crippen LogP contribution in [0.3, 0.4) is 0 Å². The van der Waals surface area contributed by atoms with Crippen LogP contribution in [-0.4, -0.2) is 13.0 Å². The van der Waals surface area contributed by atoms with Crippen molar-refractivity contribution in [3.05, 3.63) is 91.9 Å². The van der Waals surface area contributed by atoms with E-state index in [1.54, 1.807) is 36.4 Å². The molecule has 3 aromatic rings. The van der Waals surface area contributed by atoms with Crippen LogP contribution in [0.4, 0.5) is 5.69 Å². The van der Waals surface area contributed by atoms with Gasteiger partial charge in [0.2, 0.25) is 0 Å². The Morgan fingerprint density at radius 2 is 1.79 bits per heavy atom. The molecule has 33 heavy (non-hydrogen) atoms. The minimum atomic E-state index is -0.523. The molecule has 0 aliphatic rings. The second kappa shape index (κ2) is 11.0. The monoisotopic (exact) mass is 524 g/mol. The average Bonchev–Trinajstić information content (AvgIpc) is 2.77. The lowest BCUT2D eigenvalue weighted by Crippen LogP contribution is -2.13. The fourth-order valence-electron chi connectivity index (χ4n) is 3.32. The third kappa shape index (κ3) is 6.61. The van der Waals surface area contributed by atoms with Crippen molar-refractivity contribution in [1.82, 2.24) is 0 Å². The minimum absolute atomic E-state index is 0.0530. The number of carbonyl (C=O) groups excluding carboxylic acids is 1. The average molecular weight is 526 g/mol. The number of anilines is 1. The van der Waals surface area contributed by atoms with E-state index in [0.29, 0.717) is 38.9 Å². The zero-order valence-corrected chi connectivity index (χ0v) is 20.8. The molecule has 0 saturated heterocycles. The van der Waals surface area contributed by atoms with Gasteiger partial charge >= 0.3 is 0 Å². The van der Waals surface area contributed by atoms with Gasteiger partial charge in [-0.2, -0.15) is 5.26 Å². The molecule has 7 heteroatoms. The molecule has 0 unspecified atom stereocenters.